The largest absolute Gasteiger partial charge is 0.494 e. The fourth-order valence-corrected chi connectivity index (χ4v) is 3.43. The number of thioether (sulfide) groups is 1. The molecule has 1 aromatic carbocycles. The number of rotatable bonds is 8. The molecule has 0 saturated heterocycles. The Morgan fingerprint density at radius 1 is 1.12 bits per heavy atom. The summed E-state index contributed by atoms with van der Waals surface area (Å²) in [6, 6.07) is 7.29. The molecule has 0 N–H and O–H groups in total. The number of amides is 2. The Morgan fingerprint density at radius 2 is 1.79 bits per heavy atom. The molecular formula is C18H23NO4S. The molecule has 0 bridgehead atoms. The number of imide groups is 1. The first-order chi connectivity index (χ1) is 11.5. The molecule has 130 valence electrons. The van der Waals surface area contributed by atoms with Crippen molar-refractivity contribution >= 4 is 29.1 Å². The molecule has 1 aromatic rings. The van der Waals surface area contributed by atoms with Crippen molar-refractivity contribution in [1.29, 1.82) is 0 Å². The first-order valence-electron chi connectivity index (χ1n) is 7.98. The van der Waals surface area contributed by atoms with Gasteiger partial charge in [-0.3, -0.25) is 14.5 Å². The first-order valence-corrected chi connectivity index (χ1v) is 8.86. The lowest BCUT2D eigenvalue weighted by Crippen LogP contribution is -2.34. The molecule has 0 fully saturated rings. The summed E-state index contributed by atoms with van der Waals surface area (Å²) in [7, 11) is 1.55. The predicted molar refractivity (Wildman–Crippen MR) is 95.9 cm³/mol. The van der Waals surface area contributed by atoms with E-state index in [1.807, 2.05) is 45.0 Å². The minimum Gasteiger partial charge on any atom is -0.494 e. The average Bonchev–Trinajstić information content (AvgIpc) is 2.77. The number of carbonyl (C=O) groups is 2. The molecule has 2 amide bonds. The van der Waals surface area contributed by atoms with E-state index in [4.69, 9.17) is 9.47 Å². The van der Waals surface area contributed by atoms with E-state index in [9.17, 15) is 9.59 Å². The fraction of sp³-hybridized carbons (Fsp3) is 0.444. The van der Waals surface area contributed by atoms with Crippen molar-refractivity contribution in [2.45, 2.75) is 26.0 Å². The van der Waals surface area contributed by atoms with Crippen LogP contribution in [0.5, 0.6) is 5.75 Å². The first kappa shape index (κ1) is 18.5. The van der Waals surface area contributed by atoms with Gasteiger partial charge in [0.05, 0.1) is 30.2 Å². The number of methoxy groups -OCH3 is 1. The van der Waals surface area contributed by atoms with Crippen LogP contribution < -0.4 is 4.74 Å². The van der Waals surface area contributed by atoms with Crippen molar-refractivity contribution in [1.82, 2.24) is 4.90 Å². The molecule has 0 unspecified atom stereocenters. The Labute approximate surface area is 147 Å². The lowest BCUT2D eigenvalue weighted by atomic mass is 10.1. The van der Waals surface area contributed by atoms with Gasteiger partial charge in [-0.25, -0.2) is 0 Å². The van der Waals surface area contributed by atoms with Crippen LogP contribution in [0.3, 0.4) is 0 Å². The summed E-state index contributed by atoms with van der Waals surface area (Å²) in [4.78, 5) is 27.2. The van der Waals surface area contributed by atoms with Crippen molar-refractivity contribution in [2.24, 2.45) is 0 Å². The van der Waals surface area contributed by atoms with E-state index < -0.39 is 0 Å². The van der Waals surface area contributed by atoms with Crippen LogP contribution in [0.15, 0.2) is 29.2 Å². The Kier molecular flexibility index (Phi) is 6.45. The molecule has 1 aliphatic heterocycles. The van der Waals surface area contributed by atoms with E-state index >= 15 is 0 Å². The van der Waals surface area contributed by atoms with Gasteiger partial charge in [-0.05, 0) is 24.6 Å². The van der Waals surface area contributed by atoms with Crippen LogP contribution in [-0.2, 0) is 14.3 Å². The van der Waals surface area contributed by atoms with Gasteiger partial charge in [0.15, 0.2) is 0 Å². The minimum absolute atomic E-state index is 0.205. The van der Waals surface area contributed by atoms with Gasteiger partial charge in [-0.1, -0.05) is 26.0 Å². The molecule has 24 heavy (non-hydrogen) atoms. The van der Waals surface area contributed by atoms with Crippen LogP contribution >= 0.6 is 11.8 Å². The molecule has 0 atom stereocenters. The van der Waals surface area contributed by atoms with Crippen LogP contribution in [0.2, 0.25) is 0 Å². The monoisotopic (exact) mass is 349 g/mol. The molecule has 5 nitrogen and oxygen atoms in total. The molecule has 1 aliphatic rings. The van der Waals surface area contributed by atoms with Gasteiger partial charge in [0.2, 0.25) is 0 Å². The molecule has 0 saturated carbocycles. The maximum absolute atomic E-state index is 12.8. The van der Waals surface area contributed by atoms with E-state index in [1.54, 1.807) is 7.11 Å². The third-order valence-corrected chi connectivity index (χ3v) is 4.54. The molecule has 2 rings (SSSR count). The van der Waals surface area contributed by atoms with Gasteiger partial charge in [0, 0.05) is 12.4 Å². The Balaban J connectivity index is 2.38. The van der Waals surface area contributed by atoms with Gasteiger partial charge < -0.3 is 9.47 Å². The standard InChI is InChI=1S/C18H23NO4S/c1-5-23-14-8-6-13(7-9-14)15-16(24-12(2)3)18(21)19(17(15)20)10-11-22-4/h6-9,12H,5,10-11H2,1-4H3. The van der Waals surface area contributed by atoms with Crippen molar-refractivity contribution in [3.63, 3.8) is 0 Å². The highest BCUT2D eigenvalue weighted by molar-refractivity contribution is 8.04. The number of hydrogen-bond acceptors (Lipinski definition) is 5. The topological polar surface area (TPSA) is 55.8 Å². The molecule has 1 heterocycles. The molecule has 0 radical (unpaired) electrons. The summed E-state index contributed by atoms with van der Waals surface area (Å²) in [5.74, 6) is 0.247. The maximum Gasteiger partial charge on any atom is 0.268 e. The lowest BCUT2D eigenvalue weighted by Gasteiger charge is -2.14. The maximum atomic E-state index is 12.8. The summed E-state index contributed by atoms with van der Waals surface area (Å²) in [5.41, 5.74) is 1.21. The van der Waals surface area contributed by atoms with Crippen LogP contribution in [-0.4, -0.2) is 48.8 Å². The zero-order chi connectivity index (χ0) is 17.7. The van der Waals surface area contributed by atoms with E-state index in [1.165, 1.54) is 16.7 Å². The predicted octanol–water partition coefficient (Wildman–Crippen LogP) is 2.95. The molecule has 0 aromatic heterocycles. The van der Waals surface area contributed by atoms with Crippen molar-refractivity contribution in [3.05, 3.63) is 34.7 Å². The second-order valence-electron chi connectivity index (χ2n) is 5.58. The smallest absolute Gasteiger partial charge is 0.268 e. The number of nitrogens with zero attached hydrogens (tertiary/aromatic N) is 1. The van der Waals surface area contributed by atoms with Gasteiger partial charge in [-0.15, -0.1) is 11.8 Å². The highest BCUT2D eigenvalue weighted by Crippen LogP contribution is 2.38. The summed E-state index contributed by atoms with van der Waals surface area (Å²) < 4.78 is 10.4. The second kappa shape index (κ2) is 8.35. The summed E-state index contributed by atoms with van der Waals surface area (Å²) in [6.07, 6.45) is 0. The van der Waals surface area contributed by atoms with Crippen LogP contribution in [0.25, 0.3) is 5.57 Å². The van der Waals surface area contributed by atoms with Gasteiger partial charge in [0.1, 0.15) is 5.75 Å². The molecule has 0 spiro atoms. The van der Waals surface area contributed by atoms with Gasteiger partial charge >= 0.3 is 0 Å². The zero-order valence-corrected chi connectivity index (χ0v) is 15.3. The average molecular weight is 349 g/mol. The van der Waals surface area contributed by atoms with Crippen LogP contribution in [0.1, 0.15) is 26.3 Å². The Hall–Kier alpha value is -1.79. The fourth-order valence-electron chi connectivity index (χ4n) is 2.42. The third-order valence-electron chi connectivity index (χ3n) is 3.45. The highest BCUT2D eigenvalue weighted by Gasteiger charge is 2.39. The third kappa shape index (κ3) is 3.99. The normalized spacial score (nSPS) is 15.0. The number of ether oxygens (including phenoxy) is 2. The Bertz CT molecular complexity index is 637. The Morgan fingerprint density at radius 3 is 2.33 bits per heavy atom. The lowest BCUT2D eigenvalue weighted by molar-refractivity contribution is -0.137. The quantitative estimate of drug-likeness (QED) is 0.676. The van der Waals surface area contributed by atoms with Crippen molar-refractivity contribution < 1.29 is 19.1 Å². The number of benzene rings is 1. The van der Waals surface area contributed by atoms with E-state index in [-0.39, 0.29) is 23.6 Å². The summed E-state index contributed by atoms with van der Waals surface area (Å²) >= 11 is 1.42. The second-order valence-corrected chi connectivity index (χ2v) is 7.17. The minimum atomic E-state index is -0.260. The number of carbonyl (C=O) groups excluding carboxylic acids is 2. The van der Waals surface area contributed by atoms with Gasteiger partial charge in [-0.2, -0.15) is 0 Å². The highest BCUT2D eigenvalue weighted by atomic mass is 32.2. The van der Waals surface area contributed by atoms with Crippen LogP contribution in [0.4, 0.5) is 0 Å². The van der Waals surface area contributed by atoms with E-state index in [0.29, 0.717) is 23.7 Å². The van der Waals surface area contributed by atoms with E-state index in [2.05, 4.69) is 0 Å². The zero-order valence-electron chi connectivity index (χ0n) is 14.5. The van der Waals surface area contributed by atoms with Gasteiger partial charge in [0.25, 0.3) is 11.8 Å². The van der Waals surface area contributed by atoms with Crippen molar-refractivity contribution in [2.75, 3.05) is 26.9 Å². The molecule has 0 aliphatic carbocycles. The van der Waals surface area contributed by atoms with Crippen molar-refractivity contribution in [3.8, 4) is 5.75 Å². The summed E-state index contributed by atoms with van der Waals surface area (Å²) in [6.45, 7) is 7.09. The molecule has 6 heteroatoms. The van der Waals surface area contributed by atoms with E-state index in [0.717, 1.165) is 11.3 Å². The molecular weight excluding hydrogens is 326 g/mol. The SMILES string of the molecule is CCOc1ccc(C2=C(SC(C)C)C(=O)N(CCOC)C2=O)cc1. The van der Waals surface area contributed by atoms with Crippen LogP contribution in [0, 0.1) is 0 Å². The summed E-state index contributed by atoms with van der Waals surface area (Å²) in [5, 5.41) is 0.205. The number of hydrogen-bond donors (Lipinski definition) is 0.